The lowest BCUT2D eigenvalue weighted by Crippen LogP contribution is -1.96. The molecule has 1 aromatic heterocycles. The molecule has 0 aliphatic carbocycles. The molecule has 0 atom stereocenters. The van der Waals surface area contributed by atoms with Crippen molar-refractivity contribution >= 4 is 41.5 Å². The molecule has 2 aromatic rings. The summed E-state index contributed by atoms with van der Waals surface area (Å²) < 4.78 is 53.5. The highest BCUT2D eigenvalue weighted by atomic mass is 32.2. The molecular weight excluding hydrogens is 286 g/mol. The average molecular weight is 293 g/mol. The first-order valence-corrected chi connectivity index (χ1v) is 8.41. The molecular formula is C8H7NO5S3. The Morgan fingerprint density at radius 3 is 2.41 bits per heavy atom. The smallest absolute Gasteiger partial charge is 0.282 e. The molecule has 0 radical (unpaired) electrons. The highest BCUT2D eigenvalue weighted by Gasteiger charge is 2.16. The fourth-order valence-corrected chi connectivity index (χ4v) is 3.66. The fourth-order valence-electron chi connectivity index (χ4n) is 1.20. The molecule has 0 unspecified atom stereocenters. The largest absolute Gasteiger partial charge is 0.294 e. The van der Waals surface area contributed by atoms with Gasteiger partial charge in [-0.25, -0.2) is 13.4 Å². The van der Waals surface area contributed by atoms with Crippen molar-refractivity contribution in [3.05, 3.63) is 18.2 Å². The molecule has 0 spiro atoms. The lowest BCUT2D eigenvalue weighted by atomic mass is 10.3. The zero-order chi connectivity index (χ0) is 12.8. The van der Waals surface area contributed by atoms with Crippen molar-refractivity contribution in [2.45, 2.75) is 9.24 Å². The van der Waals surface area contributed by atoms with Gasteiger partial charge in [-0.2, -0.15) is 8.42 Å². The van der Waals surface area contributed by atoms with Crippen molar-refractivity contribution in [1.82, 2.24) is 4.98 Å². The van der Waals surface area contributed by atoms with Crippen LogP contribution in [0.15, 0.2) is 27.4 Å². The van der Waals surface area contributed by atoms with Gasteiger partial charge in [0.15, 0.2) is 0 Å². The standard InChI is InChI=1S/C8H7NO5S3/c1-16(10,11)8-9-6-3-2-5(17(12,13)14)4-7(6)15-8/h2-4H,1H3,(H,12,13,14). The molecule has 9 heteroatoms. The first kappa shape index (κ1) is 12.4. The summed E-state index contributed by atoms with van der Waals surface area (Å²) in [5.41, 5.74) is 0.378. The summed E-state index contributed by atoms with van der Waals surface area (Å²) in [4.78, 5) is 3.58. The molecule has 17 heavy (non-hydrogen) atoms. The van der Waals surface area contributed by atoms with Crippen LogP contribution in [0.4, 0.5) is 0 Å². The molecule has 0 aliphatic rings. The van der Waals surface area contributed by atoms with E-state index >= 15 is 0 Å². The molecule has 1 N–H and O–H groups in total. The Morgan fingerprint density at radius 2 is 1.88 bits per heavy atom. The van der Waals surface area contributed by atoms with E-state index in [0.29, 0.717) is 10.2 Å². The predicted molar refractivity (Wildman–Crippen MR) is 62.5 cm³/mol. The van der Waals surface area contributed by atoms with Gasteiger partial charge in [-0.15, -0.1) is 11.3 Å². The van der Waals surface area contributed by atoms with E-state index in [0.717, 1.165) is 17.6 Å². The third kappa shape index (κ3) is 2.46. The molecule has 0 saturated carbocycles. The first-order chi connectivity index (χ1) is 7.68. The molecule has 0 bridgehead atoms. The zero-order valence-corrected chi connectivity index (χ0v) is 10.9. The van der Waals surface area contributed by atoms with E-state index in [2.05, 4.69) is 4.98 Å². The van der Waals surface area contributed by atoms with Gasteiger partial charge in [-0.05, 0) is 18.2 Å². The summed E-state index contributed by atoms with van der Waals surface area (Å²) in [7, 11) is -7.71. The first-order valence-electron chi connectivity index (χ1n) is 4.26. The van der Waals surface area contributed by atoms with E-state index in [9.17, 15) is 16.8 Å². The maximum absolute atomic E-state index is 11.3. The van der Waals surface area contributed by atoms with Crippen LogP contribution in [0.25, 0.3) is 10.2 Å². The van der Waals surface area contributed by atoms with Gasteiger partial charge in [-0.3, -0.25) is 4.55 Å². The van der Waals surface area contributed by atoms with Gasteiger partial charge in [0.05, 0.1) is 15.1 Å². The predicted octanol–water partition coefficient (Wildman–Crippen LogP) is 0.947. The van der Waals surface area contributed by atoms with Gasteiger partial charge in [0, 0.05) is 6.26 Å². The van der Waals surface area contributed by atoms with E-state index in [1.54, 1.807) is 0 Å². The Bertz CT molecular complexity index is 758. The Labute approximate surface area is 102 Å². The molecule has 6 nitrogen and oxygen atoms in total. The van der Waals surface area contributed by atoms with Crippen LogP contribution in [0.2, 0.25) is 0 Å². The topological polar surface area (TPSA) is 101 Å². The van der Waals surface area contributed by atoms with Crippen molar-refractivity contribution in [3.8, 4) is 0 Å². The second-order valence-corrected chi connectivity index (χ2v) is 8.00. The van der Waals surface area contributed by atoms with E-state index in [1.807, 2.05) is 0 Å². The normalized spacial score (nSPS) is 13.1. The molecule has 0 fully saturated rings. The zero-order valence-electron chi connectivity index (χ0n) is 8.48. The Hall–Kier alpha value is -1.03. The minimum atomic E-state index is -4.29. The summed E-state index contributed by atoms with van der Waals surface area (Å²) in [5.74, 6) is 0. The number of thiazole rings is 1. The minimum absolute atomic E-state index is 0.0833. The molecule has 92 valence electrons. The van der Waals surface area contributed by atoms with Crippen LogP contribution in [0, 0.1) is 0 Å². The van der Waals surface area contributed by atoms with Gasteiger partial charge < -0.3 is 0 Å². The summed E-state index contributed by atoms with van der Waals surface area (Å²) in [6.45, 7) is 0. The van der Waals surface area contributed by atoms with Gasteiger partial charge in [0.25, 0.3) is 10.1 Å². The van der Waals surface area contributed by atoms with Crippen LogP contribution < -0.4 is 0 Å². The van der Waals surface area contributed by atoms with Gasteiger partial charge in [-0.1, -0.05) is 0 Å². The van der Waals surface area contributed by atoms with Gasteiger partial charge in [0.1, 0.15) is 0 Å². The van der Waals surface area contributed by atoms with Gasteiger partial charge in [0.2, 0.25) is 14.2 Å². The number of hydrogen-bond donors (Lipinski definition) is 1. The third-order valence-electron chi connectivity index (χ3n) is 1.96. The maximum Gasteiger partial charge on any atom is 0.294 e. The van der Waals surface area contributed by atoms with Crippen LogP contribution in [-0.2, 0) is 20.0 Å². The Kier molecular flexibility index (Phi) is 2.73. The fraction of sp³-hybridized carbons (Fsp3) is 0.125. The van der Waals surface area contributed by atoms with Gasteiger partial charge >= 0.3 is 0 Å². The number of nitrogens with zero attached hydrogens (tertiary/aromatic N) is 1. The van der Waals surface area contributed by atoms with E-state index in [4.69, 9.17) is 4.55 Å². The summed E-state index contributed by atoms with van der Waals surface area (Å²) in [6, 6.07) is 3.71. The second-order valence-electron chi connectivity index (χ2n) is 3.36. The Morgan fingerprint density at radius 1 is 1.24 bits per heavy atom. The second kappa shape index (κ2) is 3.73. The lowest BCUT2D eigenvalue weighted by molar-refractivity contribution is 0.483. The minimum Gasteiger partial charge on any atom is -0.282 e. The number of sulfone groups is 1. The van der Waals surface area contributed by atoms with Crippen LogP contribution in [0.1, 0.15) is 0 Å². The summed E-state index contributed by atoms with van der Waals surface area (Å²) in [5, 5.41) is 0. The van der Waals surface area contributed by atoms with Crippen LogP contribution in [0.3, 0.4) is 0 Å². The van der Waals surface area contributed by atoms with Crippen molar-refractivity contribution in [3.63, 3.8) is 0 Å². The highest BCUT2D eigenvalue weighted by molar-refractivity contribution is 7.92. The van der Waals surface area contributed by atoms with E-state index < -0.39 is 20.0 Å². The molecule has 0 aliphatic heterocycles. The SMILES string of the molecule is CS(=O)(=O)c1nc2ccc(S(=O)(=O)O)cc2s1. The number of rotatable bonds is 2. The molecule has 1 heterocycles. The third-order valence-corrected chi connectivity index (χ3v) is 5.50. The Balaban J connectivity index is 2.73. The maximum atomic E-state index is 11.3. The number of aromatic nitrogens is 1. The van der Waals surface area contributed by atoms with E-state index in [-0.39, 0.29) is 9.24 Å². The van der Waals surface area contributed by atoms with Crippen molar-refractivity contribution < 1.29 is 21.4 Å². The number of benzene rings is 1. The summed E-state index contributed by atoms with van der Waals surface area (Å²) >= 11 is 0.860. The van der Waals surface area contributed by atoms with E-state index in [1.165, 1.54) is 18.2 Å². The quantitative estimate of drug-likeness (QED) is 0.827. The van der Waals surface area contributed by atoms with Crippen LogP contribution in [-0.4, -0.2) is 32.6 Å². The molecule has 2 rings (SSSR count). The number of hydrogen-bond acceptors (Lipinski definition) is 6. The van der Waals surface area contributed by atoms with Crippen molar-refractivity contribution in [2.24, 2.45) is 0 Å². The summed E-state index contributed by atoms with van der Waals surface area (Å²) in [6.07, 6.45) is 1.02. The lowest BCUT2D eigenvalue weighted by Gasteiger charge is -1.94. The molecule has 0 saturated heterocycles. The average Bonchev–Trinajstić information content (AvgIpc) is 2.57. The van der Waals surface area contributed by atoms with Crippen molar-refractivity contribution in [2.75, 3.05) is 6.26 Å². The van der Waals surface area contributed by atoms with Crippen LogP contribution >= 0.6 is 11.3 Å². The molecule has 1 aromatic carbocycles. The molecule has 0 amide bonds. The van der Waals surface area contributed by atoms with Crippen molar-refractivity contribution in [1.29, 1.82) is 0 Å². The van der Waals surface area contributed by atoms with Crippen LogP contribution in [0.5, 0.6) is 0 Å². The number of fused-ring (bicyclic) bond motifs is 1. The highest BCUT2D eigenvalue weighted by Crippen LogP contribution is 2.27. The monoisotopic (exact) mass is 293 g/mol.